The average molecular weight is 401 g/mol. The Balaban J connectivity index is 1.39. The maximum atomic E-state index is 13.2. The first-order valence-corrected chi connectivity index (χ1v) is 10.6. The fourth-order valence-electron chi connectivity index (χ4n) is 4.76. The highest BCUT2D eigenvalue weighted by atomic mass is 16.2. The smallest absolute Gasteiger partial charge is 0.245 e. The molecule has 3 aromatic heterocycles. The van der Waals surface area contributed by atoms with Crippen LogP contribution in [0.5, 0.6) is 0 Å². The molecule has 3 aliphatic rings. The Morgan fingerprint density at radius 2 is 1.97 bits per heavy atom. The number of hydrogen-bond donors (Lipinski definition) is 1. The number of amides is 1. The zero-order chi connectivity index (χ0) is 20.1. The maximum absolute atomic E-state index is 13.2. The second-order valence-electron chi connectivity index (χ2n) is 8.37. The van der Waals surface area contributed by atoms with Crippen molar-refractivity contribution >= 4 is 11.7 Å². The Labute approximate surface area is 174 Å². The van der Waals surface area contributed by atoms with Crippen LogP contribution >= 0.6 is 0 Å². The van der Waals surface area contributed by atoms with Crippen LogP contribution in [0, 0.1) is 0 Å². The first-order chi connectivity index (χ1) is 14.8. The zero-order valence-corrected chi connectivity index (χ0v) is 16.6. The quantitative estimate of drug-likeness (QED) is 0.707. The van der Waals surface area contributed by atoms with E-state index in [0.717, 1.165) is 47.7 Å². The van der Waals surface area contributed by atoms with Crippen LogP contribution in [0.2, 0.25) is 0 Å². The predicted molar refractivity (Wildman–Crippen MR) is 110 cm³/mol. The number of pyridine rings is 1. The lowest BCUT2D eigenvalue weighted by Crippen LogP contribution is -2.44. The number of carbonyl (C=O) groups excluding carboxylic acids is 1. The monoisotopic (exact) mass is 401 g/mol. The Morgan fingerprint density at radius 3 is 2.73 bits per heavy atom. The van der Waals surface area contributed by atoms with Crippen molar-refractivity contribution in [3.8, 4) is 11.4 Å². The van der Waals surface area contributed by atoms with Crippen molar-refractivity contribution in [2.45, 2.75) is 56.8 Å². The van der Waals surface area contributed by atoms with Crippen LogP contribution < -0.4 is 5.32 Å². The van der Waals surface area contributed by atoms with Crippen LogP contribution in [0.25, 0.3) is 11.4 Å². The Morgan fingerprint density at radius 1 is 1.10 bits per heavy atom. The van der Waals surface area contributed by atoms with Gasteiger partial charge >= 0.3 is 0 Å². The summed E-state index contributed by atoms with van der Waals surface area (Å²) in [5.74, 6) is 1.75. The maximum Gasteiger partial charge on any atom is 0.245 e. The minimum absolute atomic E-state index is 0.0366. The molecule has 2 aliphatic heterocycles. The van der Waals surface area contributed by atoms with Gasteiger partial charge in [0.1, 0.15) is 12.4 Å². The molecule has 6 rings (SSSR count). The fraction of sp³-hybridized carbons (Fsp3) is 0.409. The number of fused-ring (bicyclic) bond motifs is 4. The minimum atomic E-state index is 0.0366. The molecule has 2 bridgehead atoms. The van der Waals surface area contributed by atoms with Crippen LogP contribution in [0.3, 0.4) is 0 Å². The molecule has 0 aromatic carbocycles. The molecule has 2 atom stereocenters. The number of nitrogens with zero attached hydrogens (tertiary/aromatic N) is 6. The largest absolute Gasteiger partial charge is 0.367 e. The summed E-state index contributed by atoms with van der Waals surface area (Å²) in [5.41, 5.74) is 3.16. The highest BCUT2D eigenvalue weighted by Gasteiger charge is 2.45. The third-order valence-corrected chi connectivity index (χ3v) is 6.29. The standard InChI is InChI=1S/C22H23N7O/c30-19(13-28-11-1-8-24-28)29-16-4-5-18(29)20-17(12-16)26-21(14-6-9-23-10-7-14)27-22(20)25-15-2-3-15/h1,6-11,15-16,18H,2-5,12-13H2,(H,25,26,27)/t16-,18+/m1/s1. The molecule has 5 heterocycles. The van der Waals surface area contributed by atoms with Crippen molar-refractivity contribution in [2.75, 3.05) is 5.32 Å². The number of aromatic nitrogens is 5. The van der Waals surface area contributed by atoms with Crippen LogP contribution in [0.1, 0.15) is 43.0 Å². The van der Waals surface area contributed by atoms with Gasteiger partial charge in [-0.3, -0.25) is 14.5 Å². The molecule has 0 unspecified atom stereocenters. The van der Waals surface area contributed by atoms with Gasteiger partial charge in [-0.15, -0.1) is 0 Å². The van der Waals surface area contributed by atoms with Crippen LogP contribution in [0.4, 0.5) is 5.82 Å². The zero-order valence-electron chi connectivity index (χ0n) is 16.6. The van der Waals surface area contributed by atoms with Crippen LogP contribution in [-0.2, 0) is 17.8 Å². The number of rotatable bonds is 5. The first-order valence-electron chi connectivity index (χ1n) is 10.6. The summed E-state index contributed by atoms with van der Waals surface area (Å²) in [6, 6.07) is 6.44. The van der Waals surface area contributed by atoms with Gasteiger partial charge in [0.25, 0.3) is 0 Å². The molecule has 30 heavy (non-hydrogen) atoms. The van der Waals surface area contributed by atoms with Crippen molar-refractivity contribution in [2.24, 2.45) is 0 Å². The van der Waals surface area contributed by atoms with Gasteiger partial charge in [-0.2, -0.15) is 5.10 Å². The molecule has 1 N–H and O–H groups in total. The first kappa shape index (κ1) is 17.6. The molecule has 3 aromatic rings. The van der Waals surface area contributed by atoms with Crippen molar-refractivity contribution in [3.63, 3.8) is 0 Å². The van der Waals surface area contributed by atoms with E-state index in [1.165, 1.54) is 12.8 Å². The Bertz CT molecular complexity index is 1080. The molecule has 1 amide bonds. The normalized spacial score (nSPS) is 22.1. The molecule has 0 spiro atoms. The van der Waals surface area contributed by atoms with Gasteiger partial charge in [0.2, 0.25) is 5.91 Å². The van der Waals surface area contributed by atoms with Gasteiger partial charge in [-0.1, -0.05) is 0 Å². The van der Waals surface area contributed by atoms with Crippen LogP contribution in [0.15, 0.2) is 43.0 Å². The highest BCUT2D eigenvalue weighted by Crippen LogP contribution is 2.46. The minimum Gasteiger partial charge on any atom is -0.367 e. The summed E-state index contributed by atoms with van der Waals surface area (Å²) in [7, 11) is 0. The molecular weight excluding hydrogens is 378 g/mol. The van der Waals surface area contributed by atoms with E-state index < -0.39 is 0 Å². The second kappa shape index (κ2) is 6.90. The highest BCUT2D eigenvalue weighted by molar-refractivity contribution is 5.78. The molecule has 1 aliphatic carbocycles. The van der Waals surface area contributed by atoms with E-state index in [1.807, 2.05) is 24.4 Å². The van der Waals surface area contributed by atoms with Crippen molar-refractivity contribution in [3.05, 3.63) is 54.2 Å². The summed E-state index contributed by atoms with van der Waals surface area (Å²) < 4.78 is 1.70. The summed E-state index contributed by atoms with van der Waals surface area (Å²) in [6.45, 7) is 0.274. The topological polar surface area (TPSA) is 88.8 Å². The van der Waals surface area contributed by atoms with E-state index in [-0.39, 0.29) is 24.5 Å². The molecule has 152 valence electrons. The molecular formula is C22H23N7O. The van der Waals surface area contributed by atoms with Gasteiger partial charge in [0.15, 0.2) is 5.82 Å². The summed E-state index contributed by atoms with van der Waals surface area (Å²) in [5, 5.41) is 7.82. The van der Waals surface area contributed by atoms with E-state index in [2.05, 4.69) is 20.3 Å². The van der Waals surface area contributed by atoms with E-state index in [9.17, 15) is 4.79 Å². The van der Waals surface area contributed by atoms with Gasteiger partial charge in [0.05, 0.1) is 11.7 Å². The Hall–Kier alpha value is -3.29. The number of carbonyl (C=O) groups is 1. The summed E-state index contributed by atoms with van der Waals surface area (Å²) in [4.78, 5) is 29.2. The van der Waals surface area contributed by atoms with Crippen molar-refractivity contribution < 1.29 is 4.79 Å². The van der Waals surface area contributed by atoms with E-state index in [0.29, 0.717) is 6.04 Å². The van der Waals surface area contributed by atoms with Gasteiger partial charge in [-0.05, 0) is 43.9 Å². The molecule has 2 fully saturated rings. The second-order valence-corrected chi connectivity index (χ2v) is 8.37. The third kappa shape index (κ3) is 3.03. The molecule has 8 nitrogen and oxygen atoms in total. The SMILES string of the molecule is O=C(Cn1cccn1)N1[C@@H]2CC[C@H]1c1c(nc(-c3ccncc3)nc1NC1CC1)C2. The van der Waals surface area contributed by atoms with Gasteiger partial charge in [0, 0.05) is 54.4 Å². The van der Waals surface area contributed by atoms with E-state index >= 15 is 0 Å². The average Bonchev–Trinajstić information content (AvgIpc) is 3.32. The molecule has 8 heteroatoms. The predicted octanol–water partition coefficient (Wildman–Crippen LogP) is 2.60. The lowest BCUT2D eigenvalue weighted by molar-refractivity contribution is -0.135. The van der Waals surface area contributed by atoms with E-state index in [4.69, 9.17) is 9.97 Å². The van der Waals surface area contributed by atoms with Crippen LogP contribution in [-0.4, -0.2) is 47.6 Å². The molecule has 1 saturated heterocycles. The summed E-state index contributed by atoms with van der Waals surface area (Å²) in [6.07, 6.45) is 12.1. The lowest BCUT2D eigenvalue weighted by atomic mass is 9.97. The van der Waals surface area contributed by atoms with E-state index in [1.54, 1.807) is 23.3 Å². The fourth-order valence-corrected chi connectivity index (χ4v) is 4.76. The van der Waals surface area contributed by atoms with Gasteiger partial charge < -0.3 is 10.2 Å². The number of hydrogen-bond acceptors (Lipinski definition) is 6. The number of nitrogens with one attached hydrogen (secondary N) is 1. The number of anilines is 1. The lowest BCUT2D eigenvalue weighted by Gasteiger charge is -2.37. The third-order valence-electron chi connectivity index (χ3n) is 6.29. The molecule has 0 radical (unpaired) electrons. The van der Waals surface area contributed by atoms with Crippen molar-refractivity contribution in [1.82, 2.24) is 29.6 Å². The molecule has 1 saturated carbocycles. The summed E-state index contributed by atoms with van der Waals surface area (Å²) >= 11 is 0. The van der Waals surface area contributed by atoms with Crippen molar-refractivity contribution in [1.29, 1.82) is 0 Å². The van der Waals surface area contributed by atoms with Gasteiger partial charge in [-0.25, -0.2) is 9.97 Å². The Kier molecular flexibility index (Phi) is 4.04.